The van der Waals surface area contributed by atoms with Gasteiger partial charge in [0.25, 0.3) is 0 Å². The molecule has 0 aromatic heterocycles. The van der Waals surface area contributed by atoms with Gasteiger partial charge in [-0.05, 0) is 31.0 Å². The third-order valence-electron chi connectivity index (χ3n) is 3.46. The van der Waals surface area contributed by atoms with Crippen molar-refractivity contribution in [1.29, 1.82) is 0 Å². The van der Waals surface area contributed by atoms with E-state index in [1.54, 1.807) is 6.07 Å². The second-order valence-electron chi connectivity index (χ2n) is 4.85. The zero-order valence-corrected chi connectivity index (χ0v) is 10.6. The summed E-state index contributed by atoms with van der Waals surface area (Å²) in [6.45, 7) is 0. The fraction of sp³-hybridized carbons (Fsp3) is 0.429. The number of carbonyl (C=O) groups is 2. The van der Waals surface area contributed by atoms with Gasteiger partial charge in [-0.1, -0.05) is 19.3 Å². The first-order valence-corrected chi connectivity index (χ1v) is 6.45. The Balaban J connectivity index is 2.20. The predicted molar refractivity (Wildman–Crippen MR) is 70.9 cm³/mol. The summed E-state index contributed by atoms with van der Waals surface area (Å²) < 4.78 is 0. The second-order valence-corrected chi connectivity index (χ2v) is 4.85. The van der Waals surface area contributed by atoms with Crippen molar-refractivity contribution >= 4 is 17.6 Å². The Morgan fingerprint density at radius 3 is 2.21 bits per heavy atom. The molecule has 1 aliphatic rings. The van der Waals surface area contributed by atoms with Crippen LogP contribution in [0, 0.1) is 0 Å². The van der Waals surface area contributed by atoms with Crippen molar-refractivity contribution in [2.24, 2.45) is 0 Å². The normalized spacial score (nSPS) is 16.0. The molecular formula is C14H17NO4. The standard InChI is InChI=1S/C14H17NO4/c16-13(17)11-7-6-10(8-12(11)14(18)19)15-9-4-2-1-3-5-9/h6-9,15H,1-5H2,(H,16,17)(H,18,19). The maximum absolute atomic E-state index is 11.1. The van der Waals surface area contributed by atoms with Crippen LogP contribution in [0.3, 0.4) is 0 Å². The monoisotopic (exact) mass is 263 g/mol. The molecular weight excluding hydrogens is 246 g/mol. The average molecular weight is 263 g/mol. The van der Waals surface area contributed by atoms with E-state index < -0.39 is 11.9 Å². The van der Waals surface area contributed by atoms with Crippen molar-refractivity contribution < 1.29 is 19.8 Å². The topological polar surface area (TPSA) is 86.6 Å². The molecule has 1 aromatic carbocycles. The zero-order valence-electron chi connectivity index (χ0n) is 10.6. The largest absolute Gasteiger partial charge is 0.478 e. The van der Waals surface area contributed by atoms with Gasteiger partial charge in [-0.25, -0.2) is 9.59 Å². The van der Waals surface area contributed by atoms with Gasteiger partial charge in [-0.15, -0.1) is 0 Å². The van der Waals surface area contributed by atoms with Crippen LogP contribution in [0.5, 0.6) is 0 Å². The van der Waals surface area contributed by atoms with Gasteiger partial charge in [0.15, 0.2) is 0 Å². The van der Waals surface area contributed by atoms with Crippen molar-refractivity contribution in [2.75, 3.05) is 5.32 Å². The van der Waals surface area contributed by atoms with Crippen LogP contribution >= 0.6 is 0 Å². The lowest BCUT2D eigenvalue weighted by molar-refractivity contribution is 0.0651. The van der Waals surface area contributed by atoms with Crippen molar-refractivity contribution in [3.8, 4) is 0 Å². The molecule has 1 fully saturated rings. The predicted octanol–water partition coefficient (Wildman–Crippen LogP) is 2.83. The first-order valence-electron chi connectivity index (χ1n) is 6.45. The molecule has 0 spiro atoms. The van der Waals surface area contributed by atoms with Crippen LogP contribution in [0.2, 0.25) is 0 Å². The molecule has 2 rings (SSSR count). The first kappa shape index (κ1) is 13.4. The Bertz CT molecular complexity index is 492. The number of carboxylic acids is 2. The van der Waals surface area contributed by atoms with E-state index in [-0.39, 0.29) is 11.1 Å². The maximum atomic E-state index is 11.1. The van der Waals surface area contributed by atoms with Gasteiger partial charge in [0, 0.05) is 11.7 Å². The van der Waals surface area contributed by atoms with Gasteiger partial charge in [0.1, 0.15) is 0 Å². The van der Waals surface area contributed by atoms with Gasteiger partial charge in [0.05, 0.1) is 11.1 Å². The van der Waals surface area contributed by atoms with Crippen LogP contribution in [0.25, 0.3) is 0 Å². The first-order chi connectivity index (χ1) is 9.08. The summed E-state index contributed by atoms with van der Waals surface area (Å²) >= 11 is 0. The summed E-state index contributed by atoms with van der Waals surface area (Å²) in [5, 5.41) is 21.3. The maximum Gasteiger partial charge on any atom is 0.336 e. The molecule has 1 aromatic rings. The number of anilines is 1. The fourth-order valence-electron chi connectivity index (χ4n) is 2.48. The second kappa shape index (κ2) is 5.73. The van der Waals surface area contributed by atoms with Gasteiger partial charge in [0.2, 0.25) is 0 Å². The SMILES string of the molecule is O=C(O)c1ccc(NC2CCCCC2)cc1C(=O)O. The van der Waals surface area contributed by atoms with E-state index in [1.807, 2.05) is 0 Å². The molecule has 0 amide bonds. The van der Waals surface area contributed by atoms with Gasteiger partial charge in [-0.2, -0.15) is 0 Å². The molecule has 0 unspecified atom stereocenters. The number of carboxylic acid groups (broad SMARTS) is 2. The Hall–Kier alpha value is -2.04. The van der Waals surface area contributed by atoms with Crippen LogP contribution in [-0.2, 0) is 0 Å². The van der Waals surface area contributed by atoms with Gasteiger partial charge in [-0.3, -0.25) is 0 Å². The summed E-state index contributed by atoms with van der Waals surface area (Å²) in [5.41, 5.74) is 0.323. The summed E-state index contributed by atoms with van der Waals surface area (Å²) in [6, 6.07) is 4.73. The number of aromatic carboxylic acids is 2. The zero-order chi connectivity index (χ0) is 13.8. The molecule has 0 bridgehead atoms. The Labute approximate surface area is 111 Å². The lowest BCUT2D eigenvalue weighted by Gasteiger charge is -2.24. The Morgan fingerprint density at radius 1 is 1.00 bits per heavy atom. The lowest BCUT2D eigenvalue weighted by Crippen LogP contribution is -2.22. The molecule has 0 atom stereocenters. The molecule has 1 saturated carbocycles. The third-order valence-corrected chi connectivity index (χ3v) is 3.46. The highest BCUT2D eigenvalue weighted by atomic mass is 16.4. The minimum Gasteiger partial charge on any atom is -0.478 e. The van der Waals surface area contributed by atoms with E-state index in [1.165, 1.54) is 31.4 Å². The molecule has 5 heteroatoms. The molecule has 5 nitrogen and oxygen atoms in total. The van der Waals surface area contributed by atoms with Crippen LogP contribution in [0.4, 0.5) is 5.69 Å². The molecule has 0 aliphatic heterocycles. The lowest BCUT2D eigenvalue weighted by atomic mass is 9.95. The fourth-order valence-corrected chi connectivity index (χ4v) is 2.48. The van der Waals surface area contributed by atoms with E-state index in [4.69, 9.17) is 10.2 Å². The minimum absolute atomic E-state index is 0.173. The van der Waals surface area contributed by atoms with Gasteiger partial charge < -0.3 is 15.5 Å². The summed E-state index contributed by atoms with van der Waals surface area (Å²) in [5.74, 6) is -2.44. The Morgan fingerprint density at radius 2 is 1.63 bits per heavy atom. The molecule has 0 heterocycles. The molecule has 19 heavy (non-hydrogen) atoms. The molecule has 0 saturated heterocycles. The van der Waals surface area contributed by atoms with E-state index in [9.17, 15) is 9.59 Å². The summed E-state index contributed by atoms with van der Waals surface area (Å²) in [4.78, 5) is 22.0. The van der Waals surface area contributed by atoms with Crippen molar-refractivity contribution in [3.05, 3.63) is 29.3 Å². The summed E-state index contributed by atoms with van der Waals surface area (Å²) in [6.07, 6.45) is 5.75. The molecule has 102 valence electrons. The highest BCUT2D eigenvalue weighted by Crippen LogP contribution is 2.23. The number of nitrogens with one attached hydrogen (secondary N) is 1. The van der Waals surface area contributed by atoms with Crippen LogP contribution < -0.4 is 5.32 Å². The molecule has 0 radical (unpaired) electrons. The average Bonchev–Trinajstić information content (AvgIpc) is 2.39. The smallest absolute Gasteiger partial charge is 0.336 e. The number of benzene rings is 1. The third kappa shape index (κ3) is 3.24. The molecule has 3 N–H and O–H groups in total. The quantitative estimate of drug-likeness (QED) is 0.777. The van der Waals surface area contributed by atoms with Gasteiger partial charge >= 0.3 is 11.9 Å². The number of rotatable bonds is 4. The van der Waals surface area contributed by atoms with E-state index in [0.717, 1.165) is 12.8 Å². The van der Waals surface area contributed by atoms with E-state index in [0.29, 0.717) is 11.7 Å². The van der Waals surface area contributed by atoms with Crippen molar-refractivity contribution in [2.45, 2.75) is 38.1 Å². The minimum atomic E-state index is -1.22. The number of hydrogen-bond donors (Lipinski definition) is 3. The summed E-state index contributed by atoms with van der Waals surface area (Å²) in [7, 11) is 0. The van der Waals surface area contributed by atoms with Crippen molar-refractivity contribution in [1.82, 2.24) is 0 Å². The highest BCUT2D eigenvalue weighted by molar-refractivity contribution is 6.02. The highest BCUT2D eigenvalue weighted by Gasteiger charge is 2.18. The Kier molecular flexibility index (Phi) is 4.04. The van der Waals surface area contributed by atoms with Crippen LogP contribution in [0.1, 0.15) is 52.8 Å². The molecule has 1 aliphatic carbocycles. The van der Waals surface area contributed by atoms with E-state index >= 15 is 0 Å². The number of hydrogen-bond acceptors (Lipinski definition) is 3. The van der Waals surface area contributed by atoms with E-state index in [2.05, 4.69) is 5.32 Å². The van der Waals surface area contributed by atoms with Crippen LogP contribution in [0.15, 0.2) is 18.2 Å². The van der Waals surface area contributed by atoms with Crippen molar-refractivity contribution in [3.63, 3.8) is 0 Å². The van der Waals surface area contributed by atoms with Crippen LogP contribution in [-0.4, -0.2) is 28.2 Å².